The number of thiophene rings is 1. The number of rotatable bonds is 5. The number of benzene rings is 2. The predicted molar refractivity (Wildman–Crippen MR) is 126 cm³/mol. The summed E-state index contributed by atoms with van der Waals surface area (Å²) in [5, 5.41) is 2.46. The lowest BCUT2D eigenvalue weighted by Gasteiger charge is -2.12. The van der Waals surface area contributed by atoms with Gasteiger partial charge in [0, 0.05) is 22.1 Å². The van der Waals surface area contributed by atoms with Gasteiger partial charge in [0.15, 0.2) is 5.78 Å². The maximum Gasteiger partial charge on any atom is 0.263 e. The molecule has 0 aliphatic rings. The normalized spacial score (nSPS) is 11.1. The van der Waals surface area contributed by atoms with Gasteiger partial charge in [0.2, 0.25) is 0 Å². The first-order valence-corrected chi connectivity index (χ1v) is 10.9. The Morgan fingerprint density at radius 3 is 2.52 bits per heavy atom. The molecule has 2 aromatic carbocycles. The second kappa shape index (κ2) is 8.12. The summed E-state index contributed by atoms with van der Waals surface area (Å²) in [4.78, 5) is 31.8. The molecule has 31 heavy (non-hydrogen) atoms. The van der Waals surface area contributed by atoms with Crippen LogP contribution in [-0.4, -0.2) is 22.4 Å². The summed E-state index contributed by atoms with van der Waals surface area (Å²) in [6.07, 6.45) is 0. The van der Waals surface area contributed by atoms with Gasteiger partial charge in [0.1, 0.15) is 16.4 Å². The van der Waals surface area contributed by atoms with Crippen molar-refractivity contribution in [3.63, 3.8) is 0 Å². The average Bonchev–Trinajstić information content (AvgIpc) is 3.16. The first kappa shape index (κ1) is 21.0. The van der Waals surface area contributed by atoms with Crippen LogP contribution in [0.2, 0.25) is 0 Å². The van der Waals surface area contributed by atoms with Crippen molar-refractivity contribution in [3.05, 3.63) is 80.2 Å². The van der Waals surface area contributed by atoms with Crippen molar-refractivity contribution in [3.8, 4) is 16.9 Å². The topological polar surface area (TPSA) is 61.2 Å². The van der Waals surface area contributed by atoms with E-state index in [1.807, 2.05) is 62.5 Å². The Kier molecular flexibility index (Phi) is 5.50. The Morgan fingerprint density at radius 1 is 1.03 bits per heavy atom. The lowest BCUT2D eigenvalue weighted by atomic mass is 10.0. The molecule has 0 saturated carbocycles. The van der Waals surface area contributed by atoms with Crippen molar-refractivity contribution in [2.24, 2.45) is 0 Å². The van der Waals surface area contributed by atoms with Crippen molar-refractivity contribution >= 4 is 27.3 Å². The number of carbonyl (C=O) groups excluding carboxylic acids is 1. The predicted octanol–water partition coefficient (Wildman–Crippen LogP) is 5.25. The van der Waals surface area contributed by atoms with Crippen molar-refractivity contribution in [1.82, 2.24) is 9.55 Å². The van der Waals surface area contributed by atoms with Crippen molar-refractivity contribution in [1.29, 1.82) is 0 Å². The number of methoxy groups -OCH3 is 1. The maximum absolute atomic E-state index is 13.5. The highest BCUT2D eigenvalue weighted by Crippen LogP contribution is 2.37. The van der Waals surface area contributed by atoms with Gasteiger partial charge < -0.3 is 4.74 Å². The van der Waals surface area contributed by atoms with Gasteiger partial charge in [-0.3, -0.25) is 14.2 Å². The molecule has 4 aromatic rings. The Morgan fingerprint density at radius 2 is 1.81 bits per heavy atom. The summed E-state index contributed by atoms with van der Waals surface area (Å²) >= 11 is 1.42. The zero-order chi connectivity index (χ0) is 22.3. The van der Waals surface area contributed by atoms with Crippen LogP contribution in [0.25, 0.3) is 21.3 Å². The lowest BCUT2D eigenvalue weighted by Crippen LogP contribution is -2.27. The second-order valence-electron chi connectivity index (χ2n) is 7.81. The second-order valence-corrected chi connectivity index (χ2v) is 8.66. The molecule has 158 valence electrons. The van der Waals surface area contributed by atoms with E-state index >= 15 is 0 Å². The molecule has 0 atom stereocenters. The molecule has 0 saturated heterocycles. The van der Waals surface area contributed by atoms with E-state index in [1.165, 1.54) is 15.9 Å². The molecule has 0 aliphatic carbocycles. The molecule has 0 spiro atoms. The fourth-order valence-electron chi connectivity index (χ4n) is 3.69. The Labute approximate surface area is 185 Å². The van der Waals surface area contributed by atoms with Gasteiger partial charge in [-0.2, -0.15) is 0 Å². The number of hydrogen-bond acceptors (Lipinski definition) is 5. The molecule has 0 N–H and O–H groups in total. The number of Topliss-reactive ketones (excluding diaryl/α,β-unsaturated/α-hetero) is 1. The van der Waals surface area contributed by atoms with Gasteiger partial charge in [-0.25, -0.2) is 4.98 Å². The molecule has 0 unspecified atom stereocenters. The SMILES string of the molecule is COc1ccc(C)cc1-c1csc2nc(C)n(CC(=O)c3ccc(C)c(C)c3)c(=O)c12. The first-order valence-electron chi connectivity index (χ1n) is 10.0. The number of aromatic nitrogens is 2. The van der Waals surface area contributed by atoms with Gasteiger partial charge in [-0.15, -0.1) is 11.3 Å². The fraction of sp³-hybridized carbons (Fsp3) is 0.240. The molecule has 2 aromatic heterocycles. The van der Waals surface area contributed by atoms with Gasteiger partial charge in [0.05, 0.1) is 19.0 Å². The zero-order valence-corrected chi connectivity index (χ0v) is 19.1. The van der Waals surface area contributed by atoms with Gasteiger partial charge in [0.25, 0.3) is 5.56 Å². The van der Waals surface area contributed by atoms with Gasteiger partial charge in [-0.05, 0) is 57.0 Å². The lowest BCUT2D eigenvalue weighted by molar-refractivity contribution is 0.0969. The third-order valence-electron chi connectivity index (χ3n) is 5.66. The maximum atomic E-state index is 13.5. The van der Waals surface area contributed by atoms with Crippen LogP contribution in [0.3, 0.4) is 0 Å². The molecular formula is C25H24N2O3S. The number of nitrogens with zero attached hydrogens (tertiary/aromatic N) is 2. The Bertz CT molecular complexity index is 1380. The Hall–Kier alpha value is -3.25. The average molecular weight is 433 g/mol. The fourth-order valence-corrected chi connectivity index (χ4v) is 4.67. The van der Waals surface area contributed by atoms with Crippen LogP contribution in [0, 0.1) is 27.7 Å². The van der Waals surface area contributed by atoms with E-state index in [0.29, 0.717) is 27.4 Å². The van der Waals surface area contributed by atoms with E-state index in [4.69, 9.17) is 4.74 Å². The summed E-state index contributed by atoms with van der Waals surface area (Å²) < 4.78 is 7.00. The van der Waals surface area contributed by atoms with E-state index in [0.717, 1.165) is 27.8 Å². The van der Waals surface area contributed by atoms with E-state index < -0.39 is 0 Å². The number of carbonyl (C=O) groups is 1. The molecule has 5 nitrogen and oxygen atoms in total. The standard InChI is InChI=1S/C25H24N2O3S/c1-14-6-9-22(30-5)19(10-14)20-13-31-24-23(20)25(29)27(17(4)26-24)12-21(28)18-8-7-15(2)16(3)11-18/h6-11,13H,12H2,1-5H3. The molecule has 0 bridgehead atoms. The van der Waals surface area contributed by atoms with E-state index in [-0.39, 0.29) is 17.9 Å². The quantitative estimate of drug-likeness (QED) is 0.404. The molecule has 0 aliphatic heterocycles. The number of hydrogen-bond donors (Lipinski definition) is 0. The van der Waals surface area contributed by atoms with E-state index in [1.54, 1.807) is 14.0 Å². The molecular weight excluding hydrogens is 408 g/mol. The van der Waals surface area contributed by atoms with Crippen molar-refractivity contribution < 1.29 is 9.53 Å². The molecule has 0 amide bonds. The summed E-state index contributed by atoms with van der Waals surface area (Å²) in [6, 6.07) is 11.5. The van der Waals surface area contributed by atoms with E-state index in [9.17, 15) is 9.59 Å². The molecule has 4 rings (SSSR count). The number of fused-ring (bicyclic) bond motifs is 1. The van der Waals surface area contributed by atoms with Crippen LogP contribution >= 0.6 is 11.3 Å². The van der Waals surface area contributed by atoms with Crippen LogP contribution in [0.1, 0.15) is 32.9 Å². The van der Waals surface area contributed by atoms with Crippen LogP contribution in [0.5, 0.6) is 5.75 Å². The highest BCUT2D eigenvalue weighted by molar-refractivity contribution is 7.17. The van der Waals surface area contributed by atoms with Gasteiger partial charge in [-0.1, -0.05) is 23.8 Å². The summed E-state index contributed by atoms with van der Waals surface area (Å²) in [7, 11) is 1.62. The number of aryl methyl sites for hydroxylation is 4. The zero-order valence-electron chi connectivity index (χ0n) is 18.3. The molecule has 0 fully saturated rings. The summed E-state index contributed by atoms with van der Waals surface area (Å²) in [5.41, 5.74) is 5.27. The molecule has 0 radical (unpaired) electrons. The highest BCUT2D eigenvalue weighted by Gasteiger charge is 2.19. The smallest absolute Gasteiger partial charge is 0.263 e. The minimum Gasteiger partial charge on any atom is -0.496 e. The largest absolute Gasteiger partial charge is 0.496 e. The van der Waals surface area contributed by atoms with Crippen LogP contribution in [-0.2, 0) is 6.54 Å². The van der Waals surface area contributed by atoms with Crippen LogP contribution < -0.4 is 10.3 Å². The van der Waals surface area contributed by atoms with Crippen LogP contribution in [0.4, 0.5) is 0 Å². The number of ether oxygens (including phenoxy) is 1. The van der Waals surface area contributed by atoms with Crippen molar-refractivity contribution in [2.75, 3.05) is 7.11 Å². The molecule has 2 heterocycles. The third kappa shape index (κ3) is 3.79. The minimum atomic E-state index is -0.209. The summed E-state index contributed by atoms with van der Waals surface area (Å²) in [5.74, 6) is 1.11. The Balaban J connectivity index is 1.84. The van der Waals surface area contributed by atoms with Crippen molar-refractivity contribution in [2.45, 2.75) is 34.2 Å². The number of ketones is 1. The van der Waals surface area contributed by atoms with Gasteiger partial charge >= 0.3 is 0 Å². The third-order valence-corrected chi connectivity index (χ3v) is 6.53. The minimum absolute atomic E-state index is 0.0453. The van der Waals surface area contributed by atoms with E-state index in [2.05, 4.69) is 4.98 Å². The first-order chi connectivity index (χ1) is 14.8. The summed E-state index contributed by atoms with van der Waals surface area (Å²) in [6.45, 7) is 7.70. The highest BCUT2D eigenvalue weighted by atomic mass is 32.1. The van der Waals surface area contributed by atoms with Crippen LogP contribution in [0.15, 0.2) is 46.6 Å². The monoisotopic (exact) mass is 432 g/mol. The molecule has 6 heteroatoms.